The molecule has 4 heteroatoms. The molecule has 0 atom stereocenters. The van der Waals surface area contributed by atoms with Gasteiger partial charge < -0.3 is 20.9 Å². The van der Waals surface area contributed by atoms with Crippen LogP contribution in [0.3, 0.4) is 0 Å². The van der Waals surface area contributed by atoms with E-state index in [2.05, 4.69) is 79.7 Å². The van der Waals surface area contributed by atoms with Crippen LogP contribution in [0.15, 0.2) is 109 Å². The van der Waals surface area contributed by atoms with E-state index < -0.39 is 0 Å². The van der Waals surface area contributed by atoms with Gasteiger partial charge in [-0.25, -0.2) is 0 Å². The number of hydrogen-bond donors (Lipinski definition) is 2. The number of rotatable bonds is 14. The summed E-state index contributed by atoms with van der Waals surface area (Å²) in [5.41, 5.74) is 21.1. The molecule has 50 heavy (non-hydrogen) atoms. The molecule has 1 saturated carbocycles. The van der Waals surface area contributed by atoms with Crippen molar-refractivity contribution in [3.8, 4) is 23.0 Å². The van der Waals surface area contributed by atoms with Crippen LogP contribution >= 0.6 is 0 Å². The number of ether oxygens (including phenoxy) is 2. The first-order valence-corrected chi connectivity index (χ1v) is 18.7. The summed E-state index contributed by atoms with van der Waals surface area (Å²) in [7, 11) is 0. The van der Waals surface area contributed by atoms with Crippen molar-refractivity contribution in [3.63, 3.8) is 0 Å². The molecule has 5 aromatic rings. The maximum absolute atomic E-state index is 6.29. The Kier molecular flexibility index (Phi) is 11.5. The first kappa shape index (κ1) is 35.1. The van der Waals surface area contributed by atoms with Crippen LogP contribution in [-0.2, 0) is 11.8 Å². The molecule has 4 N–H and O–H groups in total. The summed E-state index contributed by atoms with van der Waals surface area (Å²) in [5.74, 6) is 3.88. The van der Waals surface area contributed by atoms with Gasteiger partial charge in [0.05, 0.1) is 0 Å². The summed E-state index contributed by atoms with van der Waals surface area (Å²) in [6.07, 6.45) is 13.7. The highest BCUT2D eigenvalue weighted by molar-refractivity contribution is 5.51. The number of aryl methyl sites for hydroxylation is 3. The van der Waals surface area contributed by atoms with Crippen LogP contribution in [0.4, 0.5) is 11.4 Å². The van der Waals surface area contributed by atoms with E-state index in [1.165, 1.54) is 67.2 Å². The average molecular weight is 667 g/mol. The van der Waals surface area contributed by atoms with Crippen LogP contribution in [0, 0.1) is 13.8 Å². The predicted molar refractivity (Wildman–Crippen MR) is 210 cm³/mol. The Labute approximate surface area is 299 Å². The van der Waals surface area contributed by atoms with Gasteiger partial charge >= 0.3 is 0 Å². The van der Waals surface area contributed by atoms with E-state index in [0.29, 0.717) is 5.92 Å². The highest BCUT2D eigenvalue weighted by Gasteiger charge is 2.39. The lowest BCUT2D eigenvalue weighted by Gasteiger charge is -2.42. The molecule has 0 aliphatic heterocycles. The third-order valence-corrected chi connectivity index (χ3v) is 10.7. The van der Waals surface area contributed by atoms with Crippen LogP contribution in [0.25, 0.3) is 0 Å². The zero-order valence-corrected chi connectivity index (χ0v) is 30.2. The van der Waals surface area contributed by atoms with E-state index in [0.717, 1.165) is 71.2 Å². The predicted octanol–water partition coefficient (Wildman–Crippen LogP) is 12.6. The largest absolute Gasteiger partial charge is 0.457 e. The second kappa shape index (κ2) is 16.3. The number of benzene rings is 5. The molecule has 6 rings (SSSR count). The molecule has 0 bridgehead atoms. The Balaban J connectivity index is 1.21. The van der Waals surface area contributed by atoms with Crippen molar-refractivity contribution in [1.82, 2.24) is 0 Å². The van der Waals surface area contributed by atoms with Gasteiger partial charge in [-0.05, 0) is 152 Å². The molecular formula is C46H54N2O2. The molecule has 0 heterocycles. The van der Waals surface area contributed by atoms with Crippen molar-refractivity contribution >= 4 is 11.4 Å². The summed E-state index contributed by atoms with van der Waals surface area (Å²) in [6.45, 7) is 6.34. The lowest BCUT2D eigenvalue weighted by atomic mass is 9.62. The van der Waals surface area contributed by atoms with Crippen molar-refractivity contribution in [2.24, 2.45) is 0 Å². The molecule has 0 saturated heterocycles. The fourth-order valence-corrected chi connectivity index (χ4v) is 7.81. The van der Waals surface area contributed by atoms with Gasteiger partial charge in [0.1, 0.15) is 23.0 Å². The van der Waals surface area contributed by atoms with Crippen LogP contribution in [0.2, 0.25) is 0 Å². The Morgan fingerprint density at radius 2 is 1.12 bits per heavy atom. The van der Waals surface area contributed by atoms with Crippen molar-refractivity contribution in [3.05, 3.63) is 143 Å². The molecule has 0 amide bonds. The molecule has 4 nitrogen and oxygen atoms in total. The summed E-state index contributed by atoms with van der Waals surface area (Å²) in [5, 5.41) is 0. The van der Waals surface area contributed by atoms with E-state index >= 15 is 0 Å². The lowest BCUT2D eigenvalue weighted by molar-refractivity contribution is 0.314. The second-order valence-corrected chi connectivity index (χ2v) is 14.4. The smallest absolute Gasteiger partial charge is 0.130 e. The zero-order chi connectivity index (χ0) is 34.9. The number of nitrogens with two attached hydrogens (primary N) is 2. The number of nitrogen functional groups attached to an aromatic ring is 2. The molecule has 260 valence electrons. The lowest BCUT2D eigenvalue weighted by Crippen LogP contribution is -2.32. The Morgan fingerprint density at radius 1 is 0.600 bits per heavy atom. The minimum Gasteiger partial charge on any atom is -0.457 e. The third-order valence-electron chi connectivity index (χ3n) is 10.7. The average Bonchev–Trinajstić information content (AvgIpc) is 3.13. The van der Waals surface area contributed by atoms with Gasteiger partial charge in [0.2, 0.25) is 0 Å². The molecule has 0 spiro atoms. The van der Waals surface area contributed by atoms with Gasteiger partial charge in [-0.3, -0.25) is 0 Å². The van der Waals surface area contributed by atoms with Gasteiger partial charge in [-0.15, -0.1) is 0 Å². The molecule has 1 aliphatic rings. The van der Waals surface area contributed by atoms with Crippen LogP contribution < -0.4 is 20.9 Å². The molecule has 5 aromatic carbocycles. The minimum absolute atomic E-state index is 0.0993. The maximum atomic E-state index is 6.29. The number of unbranched alkanes of at least 4 members (excludes halogenated alkanes) is 5. The summed E-state index contributed by atoms with van der Waals surface area (Å²) < 4.78 is 12.6. The van der Waals surface area contributed by atoms with Crippen molar-refractivity contribution < 1.29 is 9.47 Å². The van der Waals surface area contributed by atoms with Crippen molar-refractivity contribution in [2.75, 3.05) is 11.5 Å². The first-order chi connectivity index (χ1) is 24.3. The standard InChI is InChI=1S/C46H54N2O2/c1-4-5-6-7-8-9-11-35-12-10-13-37(32-35)36-26-28-46(29-27-36,38-14-20-42(21-15-38)49-44-24-18-40(47)30-33(44)2)39-16-22-43(23-17-39)50-45-25-19-41(48)31-34(45)3/h10,12-25,30-32,36H,4-9,11,26-29,47-48H2,1-3H3. The van der Waals surface area contributed by atoms with E-state index in [1.807, 2.05) is 50.2 Å². The first-order valence-electron chi connectivity index (χ1n) is 18.7. The fraction of sp³-hybridized carbons (Fsp3) is 0.348. The fourth-order valence-electron chi connectivity index (χ4n) is 7.81. The van der Waals surface area contributed by atoms with Gasteiger partial charge in [-0.1, -0.05) is 87.6 Å². The van der Waals surface area contributed by atoms with Crippen molar-refractivity contribution in [2.45, 2.75) is 103 Å². The van der Waals surface area contributed by atoms with Crippen molar-refractivity contribution in [1.29, 1.82) is 0 Å². The van der Waals surface area contributed by atoms with E-state index in [1.54, 1.807) is 0 Å². The van der Waals surface area contributed by atoms with Gasteiger partial charge in [0.15, 0.2) is 0 Å². The molecule has 0 radical (unpaired) electrons. The minimum atomic E-state index is -0.0993. The molecule has 0 unspecified atom stereocenters. The summed E-state index contributed by atoms with van der Waals surface area (Å²) in [6, 6.07) is 38.6. The highest BCUT2D eigenvalue weighted by Crippen LogP contribution is 2.50. The van der Waals surface area contributed by atoms with Gasteiger partial charge in [-0.2, -0.15) is 0 Å². The zero-order valence-electron chi connectivity index (χ0n) is 30.2. The SMILES string of the molecule is CCCCCCCCc1cccc(C2CCC(c3ccc(Oc4ccc(N)cc4C)cc3)(c3ccc(Oc4ccc(N)cc4C)cc3)CC2)c1. The molecule has 1 fully saturated rings. The monoisotopic (exact) mass is 666 g/mol. The summed E-state index contributed by atoms with van der Waals surface area (Å²) in [4.78, 5) is 0. The Hall–Kier alpha value is -4.70. The second-order valence-electron chi connectivity index (χ2n) is 14.4. The van der Waals surface area contributed by atoms with E-state index in [-0.39, 0.29) is 5.41 Å². The maximum Gasteiger partial charge on any atom is 0.130 e. The Bertz CT molecular complexity index is 1740. The normalized spacial score (nSPS) is 14.4. The van der Waals surface area contributed by atoms with E-state index in [4.69, 9.17) is 20.9 Å². The van der Waals surface area contributed by atoms with Gasteiger partial charge in [0.25, 0.3) is 0 Å². The quantitative estimate of drug-likeness (QED) is 0.0914. The van der Waals surface area contributed by atoms with E-state index in [9.17, 15) is 0 Å². The highest BCUT2D eigenvalue weighted by atomic mass is 16.5. The van der Waals surface area contributed by atoms with Crippen LogP contribution in [-0.4, -0.2) is 0 Å². The topological polar surface area (TPSA) is 70.5 Å². The third kappa shape index (κ3) is 8.53. The molecule has 0 aromatic heterocycles. The Morgan fingerprint density at radius 3 is 1.64 bits per heavy atom. The molecule has 1 aliphatic carbocycles. The van der Waals surface area contributed by atoms with Crippen LogP contribution in [0.5, 0.6) is 23.0 Å². The number of anilines is 2. The summed E-state index contributed by atoms with van der Waals surface area (Å²) >= 11 is 0. The van der Waals surface area contributed by atoms with Crippen LogP contribution in [0.1, 0.15) is 110 Å². The number of hydrogen-bond acceptors (Lipinski definition) is 4. The van der Waals surface area contributed by atoms with Gasteiger partial charge in [0, 0.05) is 16.8 Å². The molecular weight excluding hydrogens is 613 g/mol.